The minimum atomic E-state index is -0.415. The van der Waals surface area contributed by atoms with Crippen molar-refractivity contribution in [3.8, 4) is 5.75 Å². The molecule has 0 spiro atoms. The number of aromatic nitrogens is 1. The number of halogens is 2. The summed E-state index contributed by atoms with van der Waals surface area (Å²) in [5.74, 6) is 0.388. The van der Waals surface area contributed by atoms with Crippen LogP contribution in [0.1, 0.15) is 15.9 Å². The Kier molecular flexibility index (Phi) is 5.20. The standard InChI is InChI=1S/C19H13Br2NO3/c1-25-13-5-2-11(3-6-13)4-7-18(23)15-10-14-16(21)8-12(20)9-17(14)22-19(15)24/h2-10H,1H3,(H,22,24)/b7-4+. The first kappa shape index (κ1) is 17.6. The predicted octanol–water partition coefficient (Wildman–Crippen LogP) is 4.96. The Morgan fingerprint density at radius 1 is 1.12 bits per heavy atom. The summed E-state index contributed by atoms with van der Waals surface area (Å²) in [6, 6.07) is 12.5. The summed E-state index contributed by atoms with van der Waals surface area (Å²) in [4.78, 5) is 27.4. The van der Waals surface area contributed by atoms with E-state index in [9.17, 15) is 9.59 Å². The summed E-state index contributed by atoms with van der Waals surface area (Å²) in [5.41, 5.74) is 1.18. The molecule has 126 valence electrons. The molecule has 0 amide bonds. The van der Waals surface area contributed by atoms with Crippen LogP contribution < -0.4 is 10.3 Å². The Balaban J connectivity index is 1.94. The van der Waals surface area contributed by atoms with E-state index in [0.29, 0.717) is 5.52 Å². The van der Waals surface area contributed by atoms with Crippen LogP contribution in [0.3, 0.4) is 0 Å². The third kappa shape index (κ3) is 3.91. The van der Waals surface area contributed by atoms with Crippen molar-refractivity contribution < 1.29 is 9.53 Å². The number of rotatable bonds is 4. The SMILES string of the molecule is COc1ccc(/C=C/C(=O)c2cc3c(Br)cc(Br)cc3[nH]c2=O)cc1. The average Bonchev–Trinajstić information content (AvgIpc) is 2.59. The topological polar surface area (TPSA) is 59.2 Å². The van der Waals surface area contributed by atoms with E-state index >= 15 is 0 Å². The van der Waals surface area contributed by atoms with Crippen LogP contribution in [0.15, 0.2) is 62.3 Å². The van der Waals surface area contributed by atoms with Gasteiger partial charge in [-0.25, -0.2) is 0 Å². The average molecular weight is 463 g/mol. The lowest BCUT2D eigenvalue weighted by Crippen LogP contribution is -2.16. The van der Waals surface area contributed by atoms with Crippen molar-refractivity contribution in [2.24, 2.45) is 0 Å². The summed E-state index contributed by atoms with van der Waals surface area (Å²) in [5, 5.41) is 0.768. The summed E-state index contributed by atoms with van der Waals surface area (Å²) >= 11 is 6.83. The molecule has 0 unspecified atom stereocenters. The third-order valence-corrected chi connectivity index (χ3v) is 4.80. The highest BCUT2D eigenvalue weighted by atomic mass is 79.9. The van der Waals surface area contributed by atoms with E-state index in [1.807, 2.05) is 30.3 Å². The molecule has 2 aromatic carbocycles. The van der Waals surface area contributed by atoms with Crippen LogP contribution in [0.25, 0.3) is 17.0 Å². The molecule has 1 N–H and O–H groups in total. The fourth-order valence-electron chi connectivity index (χ4n) is 2.39. The number of H-pyrrole nitrogens is 1. The summed E-state index contributed by atoms with van der Waals surface area (Å²) < 4.78 is 6.72. The first-order chi connectivity index (χ1) is 12.0. The molecule has 3 rings (SSSR count). The number of carbonyl (C=O) groups excluding carboxylic acids is 1. The lowest BCUT2D eigenvalue weighted by atomic mass is 10.1. The highest BCUT2D eigenvalue weighted by Crippen LogP contribution is 2.27. The molecule has 0 aliphatic carbocycles. The summed E-state index contributed by atoms with van der Waals surface area (Å²) in [6.07, 6.45) is 3.06. The fraction of sp³-hybridized carbons (Fsp3) is 0.0526. The van der Waals surface area contributed by atoms with Gasteiger partial charge in [0, 0.05) is 14.3 Å². The third-order valence-electron chi connectivity index (χ3n) is 3.68. The van der Waals surface area contributed by atoms with Crippen molar-refractivity contribution in [2.75, 3.05) is 7.11 Å². The number of ether oxygens (including phenoxy) is 1. The van der Waals surface area contributed by atoms with E-state index in [1.54, 1.807) is 25.3 Å². The van der Waals surface area contributed by atoms with Gasteiger partial charge in [0.1, 0.15) is 5.75 Å². The van der Waals surface area contributed by atoms with Crippen LogP contribution in [-0.2, 0) is 0 Å². The maximum absolute atomic E-state index is 12.4. The zero-order valence-corrected chi connectivity index (χ0v) is 16.3. The molecule has 0 saturated carbocycles. The Morgan fingerprint density at radius 3 is 2.52 bits per heavy atom. The van der Waals surface area contributed by atoms with Crippen LogP contribution in [0.2, 0.25) is 0 Å². The lowest BCUT2D eigenvalue weighted by molar-refractivity contribution is 0.104. The minimum absolute atomic E-state index is 0.0975. The molecule has 1 aromatic heterocycles. The maximum atomic E-state index is 12.4. The number of benzene rings is 2. The first-order valence-corrected chi connectivity index (χ1v) is 8.95. The quantitative estimate of drug-likeness (QED) is 0.440. The number of aromatic amines is 1. The van der Waals surface area contributed by atoms with Crippen LogP contribution >= 0.6 is 31.9 Å². The van der Waals surface area contributed by atoms with E-state index in [2.05, 4.69) is 36.8 Å². The zero-order chi connectivity index (χ0) is 18.0. The van der Waals surface area contributed by atoms with Gasteiger partial charge in [-0.1, -0.05) is 50.1 Å². The van der Waals surface area contributed by atoms with Crippen molar-refractivity contribution in [2.45, 2.75) is 0 Å². The second-order valence-corrected chi connectivity index (χ2v) is 7.10. The maximum Gasteiger partial charge on any atom is 0.259 e. The number of nitrogens with one attached hydrogen (secondary N) is 1. The van der Waals surface area contributed by atoms with Gasteiger partial charge in [0.25, 0.3) is 5.56 Å². The van der Waals surface area contributed by atoms with Crippen molar-refractivity contribution >= 4 is 54.6 Å². The van der Waals surface area contributed by atoms with E-state index in [0.717, 1.165) is 25.6 Å². The highest BCUT2D eigenvalue weighted by Gasteiger charge is 2.11. The largest absolute Gasteiger partial charge is 0.497 e. The first-order valence-electron chi connectivity index (χ1n) is 7.36. The molecule has 4 nitrogen and oxygen atoms in total. The van der Waals surface area contributed by atoms with Crippen LogP contribution in [0.4, 0.5) is 0 Å². The van der Waals surface area contributed by atoms with Crippen LogP contribution in [0.5, 0.6) is 5.75 Å². The Bertz CT molecular complexity index is 1040. The lowest BCUT2D eigenvalue weighted by Gasteiger charge is -2.04. The van der Waals surface area contributed by atoms with Gasteiger partial charge in [0.15, 0.2) is 5.78 Å². The Morgan fingerprint density at radius 2 is 1.84 bits per heavy atom. The van der Waals surface area contributed by atoms with E-state index < -0.39 is 5.56 Å². The van der Waals surface area contributed by atoms with Gasteiger partial charge in [0.2, 0.25) is 0 Å². The monoisotopic (exact) mass is 461 g/mol. The number of methoxy groups -OCH3 is 1. The number of hydrogen-bond donors (Lipinski definition) is 1. The molecule has 3 aromatic rings. The molecule has 0 fully saturated rings. The molecule has 1 heterocycles. The van der Waals surface area contributed by atoms with E-state index in [-0.39, 0.29) is 11.3 Å². The zero-order valence-electron chi connectivity index (χ0n) is 13.2. The molecular weight excluding hydrogens is 450 g/mol. The van der Waals surface area contributed by atoms with Crippen molar-refractivity contribution in [3.63, 3.8) is 0 Å². The molecule has 0 atom stereocenters. The van der Waals surface area contributed by atoms with Gasteiger partial charge in [-0.2, -0.15) is 0 Å². The predicted molar refractivity (Wildman–Crippen MR) is 106 cm³/mol. The number of carbonyl (C=O) groups is 1. The van der Waals surface area contributed by atoms with Gasteiger partial charge >= 0.3 is 0 Å². The second kappa shape index (κ2) is 7.37. The Hall–Kier alpha value is -2.18. The normalized spacial score (nSPS) is 11.2. The van der Waals surface area contributed by atoms with Gasteiger partial charge < -0.3 is 9.72 Å². The van der Waals surface area contributed by atoms with Gasteiger partial charge in [-0.05, 0) is 42.0 Å². The number of hydrogen-bond acceptors (Lipinski definition) is 3. The number of fused-ring (bicyclic) bond motifs is 1. The van der Waals surface area contributed by atoms with Crippen molar-refractivity contribution in [1.29, 1.82) is 0 Å². The van der Waals surface area contributed by atoms with E-state index in [1.165, 1.54) is 6.08 Å². The molecule has 0 aliphatic heterocycles. The highest BCUT2D eigenvalue weighted by molar-refractivity contribution is 9.11. The Labute approximate surface area is 160 Å². The molecule has 0 aliphatic rings. The molecule has 6 heteroatoms. The van der Waals surface area contributed by atoms with Crippen LogP contribution in [-0.4, -0.2) is 17.9 Å². The molecule has 0 bridgehead atoms. The fourth-order valence-corrected chi connectivity index (χ4v) is 3.73. The van der Waals surface area contributed by atoms with Crippen molar-refractivity contribution in [3.05, 3.63) is 79.0 Å². The minimum Gasteiger partial charge on any atom is -0.497 e. The number of ketones is 1. The van der Waals surface area contributed by atoms with Gasteiger partial charge in [0.05, 0.1) is 18.2 Å². The second-order valence-electron chi connectivity index (χ2n) is 5.33. The molecule has 0 radical (unpaired) electrons. The van der Waals surface area contributed by atoms with E-state index in [4.69, 9.17) is 4.74 Å². The van der Waals surface area contributed by atoms with Crippen molar-refractivity contribution in [1.82, 2.24) is 4.98 Å². The van der Waals surface area contributed by atoms with Crippen LogP contribution in [0, 0.1) is 0 Å². The van der Waals surface area contributed by atoms with Gasteiger partial charge in [-0.15, -0.1) is 0 Å². The molecule has 0 saturated heterocycles. The molecular formula is C19H13Br2NO3. The number of allylic oxidation sites excluding steroid dienone is 1. The summed E-state index contributed by atoms with van der Waals surface area (Å²) in [7, 11) is 1.59. The smallest absolute Gasteiger partial charge is 0.259 e. The number of pyridine rings is 1. The van der Waals surface area contributed by atoms with Gasteiger partial charge in [-0.3, -0.25) is 9.59 Å². The molecule has 25 heavy (non-hydrogen) atoms. The summed E-state index contributed by atoms with van der Waals surface area (Å²) in [6.45, 7) is 0.